The Hall–Kier alpha value is -2.52. The smallest absolute Gasteiger partial charge is 0.410 e. The Kier molecular flexibility index (Phi) is 4.45. The van der Waals surface area contributed by atoms with Gasteiger partial charge in [-0.2, -0.15) is 0 Å². The number of nitrogens with zero attached hydrogens (tertiary/aromatic N) is 1. The Morgan fingerprint density at radius 3 is 2.67 bits per heavy atom. The quantitative estimate of drug-likeness (QED) is 0.789. The molecular weight excluding hydrogens is 272 g/mol. The number of β-amino-alcohol motifs (C(OH)–C–C–N with tert-alkyl or cyclic N) is 1. The molecule has 0 aromatic heterocycles. The standard InChI is InChI=1S/C15H16N2O4/c1-3-10-4-6-11(7-5-10)16-14(19)13-8-12(18)9-17(13)15(20)21-2/h1,4-7,12-13,18H,8-9H2,2H3,(H,16,19). The van der Waals surface area contributed by atoms with E-state index in [2.05, 4.69) is 16.0 Å². The lowest BCUT2D eigenvalue weighted by Crippen LogP contribution is -2.43. The molecule has 1 fully saturated rings. The average molecular weight is 288 g/mol. The maximum atomic E-state index is 12.2. The summed E-state index contributed by atoms with van der Waals surface area (Å²) in [7, 11) is 1.24. The minimum Gasteiger partial charge on any atom is -0.453 e. The summed E-state index contributed by atoms with van der Waals surface area (Å²) in [5, 5.41) is 12.3. The summed E-state index contributed by atoms with van der Waals surface area (Å²) >= 11 is 0. The molecule has 0 spiro atoms. The van der Waals surface area contributed by atoms with Crippen molar-refractivity contribution in [1.29, 1.82) is 0 Å². The van der Waals surface area contributed by atoms with Crippen molar-refractivity contribution in [2.75, 3.05) is 19.0 Å². The number of anilines is 1. The number of carbonyl (C=O) groups is 2. The van der Waals surface area contributed by atoms with Gasteiger partial charge in [-0.25, -0.2) is 4.79 Å². The van der Waals surface area contributed by atoms with Crippen LogP contribution in [0.5, 0.6) is 0 Å². The van der Waals surface area contributed by atoms with Crippen LogP contribution < -0.4 is 5.32 Å². The van der Waals surface area contributed by atoms with E-state index in [4.69, 9.17) is 6.42 Å². The highest BCUT2D eigenvalue weighted by Crippen LogP contribution is 2.20. The first-order valence-corrected chi connectivity index (χ1v) is 6.45. The van der Waals surface area contributed by atoms with Crippen LogP contribution in [0.4, 0.5) is 10.5 Å². The van der Waals surface area contributed by atoms with Crippen molar-refractivity contribution >= 4 is 17.7 Å². The third-order valence-corrected chi connectivity index (χ3v) is 3.31. The van der Waals surface area contributed by atoms with Crippen LogP contribution in [0, 0.1) is 12.3 Å². The minimum atomic E-state index is -0.750. The Labute approximate surface area is 122 Å². The summed E-state index contributed by atoms with van der Waals surface area (Å²) in [5.74, 6) is 2.11. The molecule has 6 heteroatoms. The Balaban J connectivity index is 2.07. The van der Waals surface area contributed by atoms with Crippen molar-refractivity contribution in [1.82, 2.24) is 4.90 Å². The Morgan fingerprint density at radius 1 is 1.43 bits per heavy atom. The van der Waals surface area contributed by atoms with Crippen LogP contribution in [0.15, 0.2) is 24.3 Å². The zero-order valence-corrected chi connectivity index (χ0v) is 11.6. The van der Waals surface area contributed by atoms with E-state index in [1.165, 1.54) is 12.0 Å². The van der Waals surface area contributed by atoms with Crippen molar-refractivity contribution in [3.05, 3.63) is 29.8 Å². The summed E-state index contributed by atoms with van der Waals surface area (Å²) < 4.78 is 4.62. The lowest BCUT2D eigenvalue weighted by Gasteiger charge is -2.22. The zero-order valence-electron chi connectivity index (χ0n) is 11.6. The van der Waals surface area contributed by atoms with Gasteiger partial charge in [-0.15, -0.1) is 6.42 Å². The van der Waals surface area contributed by atoms with Gasteiger partial charge in [0.05, 0.1) is 19.8 Å². The molecular formula is C15H16N2O4. The highest BCUT2D eigenvalue weighted by atomic mass is 16.5. The molecule has 0 aliphatic carbocycles. The maximum absolute atomic E-state index is 12.2. The van der Waals surface area contributed by atoms with Crippen molar-refractivity contribution < 1.29 is 19.4 Å². The first kappa shape index (κ1) is 14.9. The van der Waals surface area contributed by atoms with Crippen molar-refractivity contribution in [3.63, 3.8) is 0 Å². The zero-order chi connectivity index (χ0) is 15.4. The summed E-state index contributed by atoms with van der Waals surface area (Å²) in [6.45, 7) is 0.0841. The average Bonchev–Trinajstić information content (AvgIpc) is 2.89. The van der Waals surface area contributed by atoms with Crippen LogP contribution in [0.2, 0.25) is 0 Å². The number of methoxy groups -OCH3 is 1. The topological polar surface area (TPSA) is 78.9 Å². The maximum Gasteiger partial charge on any atom is 0.410 e. The largest absolute Gasteiger partial charge is 0.453 e. The van der Waals surface area contributed by atoms with E-state index >= 15 is 0 Å². The molecule has 0 bridgehead atoms. The van der Waals surface area contributed by atoms with Crippen LogP contribution in [-0.4, -0.2) is 47.8 Å². The number of ether oxygens (including phenoxy) is 1. The Morgan fingerprint density at radius 2 is 2.10 bits per heavy atom. The van der Waals surface area contributed by atoms with Gasteiger partial charge in [0, 0.05) is 17.7 Å². The van der Waals surface area contributed by atoms with Gasteiger partial charge in [0.1, 0.15) is 6.04 Å². The van der Waals surface area contributed by atoms with E-state index in [-0.39, 0.29) is 18.9 Å². The van der Waals surface area contributed by atoms with Gasteiger partial charge in [-0.1, -0.05) is 5.92 Å². The molecule has 1 saturated heterocycles. The highest BCUT2D eigenvalue weighted by Gasteiger charge is 2.39. The number of likely N-dealkylation sites (tertiary alicyclic amines) is 1. The van der Waals surface area contributed by atoms with Gasteiger partial charge >= 0.3 is 6.09 Å². The monoisotopic (exact) mass is 288 g/mol. The molecule has 2 N–H and O–H groups in total. The molecule has 110 valence electrons. The lowest BCUT2D eigenvalue weighted by atomic mass is 10.1. The van der Waals surface area contributed by atoms with Gasteiger partial charge < -0.3 is 15.2 Å². The molecule has 1 aromatic carbocycles. The van der Waals surface area contributed by atoms with Crippen LogP contribution in [0.25, 0.3) is 0 Å². The number of aliphatic hydroxyl groups is 1. The summed E-state index contributed by atoms with van der Waals surface area (Å²) in [5.41, 5.74) is 1.28. The van der Waals surface area contributed by atoms with E-state index in [0.717, 1.165) is 0 Å². The van der Waals surface area contributed by atoms with Crippen LogP contribution >= 0.6 is 0 Å². The molecule has 2 rings (SSSR count). The summed E-state index contributed by atoms with van der Waals surface area (Å²) in [6, 6.07) is 6.02. The summed E-state index contributed by atoms with van der Waals surface area (Å²) in [6.07, 6.45) is 4.08. The van der Waals surface area contributed by atoms with Crippen molar-refractivity contribution in [2.45, 2.75) is 18.6 Å². The first-order valence-electron chi connectivity index (χ1n) is 6.45. The molecule has 6 nitrogen and oxygen atoms in total. The van der Waals surface area contributed by atoms with Gasteiger partial charge in [0.25, 0.3) is 0 Å². The summed E-state index contributed by atoms with van der Waals surface area (Å²) in [4.78, 5) is 25.1. The third kappa shape index (κ3) is 3.33. The first-order chi connectivity index (χ1) is 10.0. The number of benzene rings is 1. The number of amides is 2. The highest BCUT2D eigenvalue weighted by molar-refractivity contribution is 5.97. The molecule has 0 radical (unpaired) electrons. The van der Waals surface area contributed by atoms with Gasteiger partial charge in [0.15, 0.2) is 0 Å². The third-order valence-electron chi connectivity index (χ3n) is 3.31. The van der Waals surface area contributed by atoms with Crippen LogP contribution in [0.3, 0.4) is 0 Å². The fourth-order valence-corrected chi connectivity index (χ4v) is 2.26. The van der Waals surface area contributed by atoms with E-state index in [1.807, 2.05) is 0 Å². The second kappa shape index (κ2) is 6.29. The number of rotatable bonds is 2. The van der Waals surface area contributed by atoms with Crippen LogP contribution in [-0.2, 0) is 9.53 Å². The van der Waals surface area contributed by atoms with Gasteiger partial charge in [0.2, 0.25) is 5.91 Å². The fraction of sp³-hybridized carbons (Fsp3) is 0.333. The molecule has 0 saturated carbocycles. The molecule has 1 heterocycles. The van der Waals surface area contributed by atoms with Gasteiger partial charge in [-0.3, -0.25) is 9.69 Å². The number of aliphatic hydroxyl groups excluding tert-OH is 1. The van der Waals surface area contributed by atoms with E-state index < -0.39 is 18.2 Å². The van der Waals surface area contributed by atoms with Gasteiger partial charge in [-0.05, 0) is 24.3 Å². The molecule has 1 aliphatic rings. The SMILES string of the molecule is C#Cc1ccc(NC(=O)C2CC(O)CN2C(=O)OC)cc1. The van der Waals surface area contributed by atoms with Crippen molar-refractivity contribution in [3.8, 4) is 12.3 Å². The molecule has 2 unspecified atom stereocenters. The van der Waals surface area contributed by atoms with E-state index in [1.54, 1.807) is 24.3 Å². The van der Waals surface area contributed by atoms with E-state index in [0.29, 0.717) is 11.3 Å². The number of carbonyl (C=O) groups excluding carboxylic acids is 2. The molecule has 1 aromatic rings. The fourth-order valence-electron chi connectivity index (χ4n) is 2.26. The second-order valence-corrected chi connectivity index (χ2v) is 4.74. The molecule has 2 amide bonds. The van der Waals surface area contributed by atoms with E-state index in [9.17, 15) is 14.7 Å². The predicted molar refractivity (Wildman–Crippen MR) is 76.5 cm³/mol. The molecule has 21 heavy (non-hydrogen) atoms. The lowest BCUT2D eigenvalue weighted by molar-refractivity contribution is -0.120. The van der Waals surface area contributed by atoms with Crippen LogP contribution in [0.1, 0.15) is 12.0 Å². The number of hydrogen-bond acceptors (Lipinski definition) is 4. The predicted octanol–water partition coefficient (Wildman–Crippen LogP) is 0.808. The number of nitrogens with one attached hydrogen (secondary N) is 1. The molecule has 1 aliphatic heterocycles. The second-order valence-electron chi connectivity index (χ2n) is 4.74. The number of hydrogen-bond donors (Lipinski definition) is 2. The normalized spacial score (nSPS) is 20.7. The van der Waals surface area contributed by atoms with Crippen molar-refractivity contribution in [2.24, 2.45) is 0 Å². The Bertz CT molecular complexity index is 576. The number of terminal acetylenes is 1. The minimum absolute atomic E-state index is 0.0841. The molecule has 2 atom stereocenters.